The van der Waals surface area contributed by atoms with Crippen molar-refractivity contribution in [1.29, 1.82) is 0 Å². The van der Waals surface area contributed by atoms with Crippen LogP contribution < -0.4 is 0 Å². The molecule has 0 saturated heterocycles. The molecule has 3 aromatic carbocycles. The Hall–Kier alpha value is -3.07. The quantitative estimate of drug-likeness (QED) is 0.263. The van der Waals surface area contributed by atoms with Crippen molar-refractivity contribution >= 4 is 5.57 Å². The molecule has 3 aromatic rings. The molecule has 0 aromatic heterocycles. The van der Waals surface area contributed by atoms with E-state index in [4.69, 9.17) is 0 Å². The van der Waals surface area contributed by atoms with E-state index in [9.17, 15) is 8.78 Å². The molecular formula is C33H35F3. The van der Waals surface area contributed by atoms with Crippen LogP contribution in [-0.4, -0.2) is 0 Å². The van der Waals surface area contributed by atoms with Crippen LogP contribution in [0.3, 0.4) is 0 Å². The average Bonchev–Trinajstić information content (AvgIpc) is 2.90. The Balaban J connectivity index is 1.48. The number of unbranched alkanes of at least 4 members (excludes halogenated alkanes) is 1. The van der Waals surface area contributed by atoms with Crippen LogP contribution >= 0.6 is 0 Å². The lowest BCUT2D eigenvalue weighted by atomic mass is 9.84. The van der Waals surface area contributed by atoms with E-state index in [1.165, 1.54) is 12.0 Å². The summed E-state index contributed by atoms with van der Waals surface area (Å²) in [4.78, 5) is 0. The Labute approximate surface area is 213 Å². The van der Waals surface area contributed by atoms with Crippen molar-refractivity contribution in [2.45, 2.75) is 65.2 Å². The van der Waals surface area contributed by atoms with Gasteiger partial charge in [-0.2, -0.15) is 0 Å². The Morgan fingerprint density at radius 1 is 0.861 bits per heavy atom. The van der Waals surface area contributed by atoms with Crippen LogP contribution in [0.15, 0.2) is 72.8 Å². The van der Waals surface area contributed by atoms with Crippen LogP contribution in [0.1, 0.15) is 69.9 Å². The van der Waals surface area contributed by atoms with Crippen molar-refractivity contribution in [3.8, 4) is 22.3 Å². The Bertz CT molecular complexity index is 1230. The van der Waals surface area contributed by atoms with E-state index in [2.05, 4.69) is 25.2 Å². The molecular weight excluding hydrogens is 453 g/mol. The molecule has 1 aliphatic rings. The fourth-order valence-corrected chi connectivity index (χ4v) is 5.06. The first-order chi connectivity index (χ1) is 17.5. The van der Waals surface area contributed by atoms with Crippen LogP contribution in [0.25, 0.3) is 27.8 Å². The third-order valence-corrected chi connectivity index (χ3v) is 7.31. The molecule has 0 spiro atoms. The topological polar surface area (TPSA) is 0 Å². The highest BCUT2D eigenvalue weighted by molar-refractivity contribution is 5.74. The minimum absolute atomic E-state index is 0.225. The molecule has 0 amide bonds. The minimum atomic E-state index is -0.822. The van der Waals surface area contributed by atoms with Gasteiger partial charge in [0.15, 0.2) is 11.6 Å². The van der Waals surface area contributed by atoms with Crippen molar-refractivity contribution in [1.82, 2.24) is 0 Å². The number of benzene rings is 3. The predicted molar refractivity (Wildman–Crippen MR) is 145 cm³/mol. The molecule has 0 bridgehead atoms. The van der Waals surface area contributed by atoms with Gasteiger partial charge in [-0.05, 0) is 91.7 Å². The first-order valence-corrected chi connectivity index (χ1v) is 13.2. The summed E-state index contributed by atoms with van der Waals surface area (Å²) >= 11 is 0. The maximum Gasteiger partial charge on any atom is 0.166 e. The first-order valence-electron chi connectivity index (χ1n) is 13.2. The molecule has 188 valence electrons. The normalized spacial score (nSPS) is 15.9. The van der Waals surface area contributed by atoms with Gasteiger partial charge >= 0.3 is 0 Å². The number of aryl methyl sites for hydroxylation is 1. The van der Waals surface area contributed by atoms with Gasteiger partial charge in [0.25, 0.3) is 0 Å². The molecule has 0 aliphatic heterocycles. The number of hydrogen-bond acceptors (Lipinski definition) is 0. The van der Waals surface area contributed by atoms with E-state index in [-0.39, 0.29) is 11.4 Å². The minimum Gasteiger partial charge on any atom is -0.206 e. The van der Waals surface area contributed by atoms with Gasteiger partial charge in [-0.1, -0.05) is 80.1 Å². The van der Waals surface area contributed by atoms with Gasteiger partial charge in [0.1, 0.15) is 5.82 Å². The maximum atomic E-state index is 15.1. The second-order valence-electron chi connectivity index (χ2n) is 9.79. The average molecular weight is 489 g/mol. The molecule has 0 heterocycles. The third kappa shape index (κ3) is 6.00. The number of rotatable bonds is 9. The number of allylic oxidation sites excluding steroid dienone is 4. The fraction of sp³-hybridized carbons (Fsp3) is 0.333. The number of hydrogen-bond donors (Lipinski definition) is 0. The molecule has 4 rings (SSSR count). The van der Waals surface area contributed by atoms with E-state index in [1.807, 2.05) is 19.1 Å². The monoisotopic (exact) mass is 488 g/mol. The Kier molecular flexibility index (Phi) is 8.85. The molecule has 0 saturated carbocycles. The molecule has 0 fully saturated rings. The van der Waals surface area contributed by atoms with Gasteiger partial charge in [0.05, 0.1) is 0 Å². The maximum absolute atomic E-state index is 15.1. The molecule has 1 unspecified atom stereocenters. The zero-order valence-electron chi connectivity index (χ0n) is 21.3. The standard InChI is InChI=1S/C33H35F3/c1-3-5-7-8-23-10-12-24(13-11-23)28-19-20-29(31(34)22-28)25-14-16-26(17-15-25)30-21-18-27(9-6-4-2)32(35)33(30)36/h3,5,12,14-23H,4,6-11,13H2,1-2H3. The highest BCUT2D eigenvalue weighted by Crippen LogP contribution is 2.35. The van der Waals surface area contributed by atoms with E-state index in [0.29, 0.717) is 34.6 Å². The van der Waals surface area contributed by atoms with Gasteiger partial charge in [-0.25, -0.2) is 13.2 Å². The van der Waals surface area contributed by atoms with Gasteiger partial charge < -0.3 is 0 Å². The van der Waals surface area contributed by atoms with Crippen LogP contribution in [0.2, 0.25) is 0 Å². The molecule has 0 N–H and O–H groups in total. The van der Waals surface area contributed by atoms with E-state index < -0.39 is 11.6 Å². The van der Waals surface area contributed by atoms with Crippen LogP contribution in [-0.2, 0) is 6.42 Å². The van der Waals surface area contributed by atoms with E-state index in [1.54, 1.807) is 42.5 Å². The lowest BCUT2D eigenvalue weighted by Crippen LogP contribution is -2.05. The predicted octanol–water partition coefficient (Wildman–Crippen LogP) is 10.3. The van der Waals surface area contributed by atoms with Gasteiger partial charge in [0.2, 0.25) is 0 Å². The molecule has 0 radical (unpaired) electrons. The smallest absolute Gasteiger partial charge is 0.166 e. The summed E-state index contributed by atoms with van der Waals surface area (Å²) in [6.07, 6.45) is 14.4. The molecule has 3 heteroatoms. The van der Waals surface area contributed by atoms with Crippen molar-refractivity contribution < 1.29 is 13.2 Å². The van der Waals surface area contributed by atoms with Crippen molar-refractivity contribution in [3.63, 3.8) is 0 Å². The second kappa shape index (κ2) is 12.3. The second-order valence-corrected chi connectivity index (χ2v) is 9.79. The van der Waals surface area contributed by atoms with E-state index in [0.717, 1.165) is 44.1 Å². The van der Waals surface area contributed by atoms with E-state index >= 15 is 4.39 Å². The Morgan fingerprint density at radius 2 is 1.56 bits per heavy atom. The van der Waals surface area contributed by atoms with Crippen LogP contribution in [0, 0.1) is 23.4 Å². The summed E-state index contributed by atoms with van der Waals surface area (Å²) in [7, 11) is 0. The molecule has 0 nitrogen and oxygen atoms in total. The summed E-state index contributed by atoms with van der Waals surface area (Å²) in [5.41, 5.74) is 4.60. The lowest BCUT2D eigenvalue weighted by molar-refractivity contribution is 0.454. The fourth-order valence-electron chi connectivity index (χ4n) is 5.06. The molecule has 36 heavy (non-hydrogen) atoms. The summed E-state index contributed by atoms with van der Waals surface area (Å²) < 4.78 is 44.4. The van der Waals surface area contributed by atoms with Crippen molar-refractivity contribution in [2.24, 2.45) is 5.92 Å². The third-order valence-electron chi connectivity index (χ3n) is 7.31. The van der Waals surface area contributed by atoms with Gasteiger partial charge in [-0.3, -0.25) is 0 Å². The van der Waals surface area contributed by atoms with Gasteiger partial charge in [-0.15, -0.1) is 0 Å². The summed E-state index contributed by atoms with van der Waals surface area (Å²) in [6.45, 7) is 4.08. The highest BCUT2D eigenvalue weighted by Gasteiger charge is 2.17. The summed E-state index contributed by atoms with van der Waals surface area (Å²) in [6, 6.07) is 15.7. The van der Waals surface area contributed by atoms with Crippen molar-refractivity contribution in [2.75, 3.05) is 0 Å². The van der Waals surface area contributed by atoms with Crippen LogP contribution in [0.5, 0.6) is 0 Å². The number of halogens is 3. The largest absolute Gasteiger partial charge is 0.206 e. The van der Waals surface area contributed by atoms with Crippen LogP contribution in [0.4, 0.5) is 13.2 Å². The molecule has 1 atom stereocenters. The van der Waals surface area contributed by atoms with Crippen molar-refractivity contribution in [3.05, 3.63) is 101 Å². The Morgan fingerprint density at radius 3 is 2.19 bits per heavy atom. The SMILES string of the molecule is CC=CCCC1CC=C(c2ccc(-c3ccc(-c4ccc(CCCC)c(F)c4F)cc3)c(F)c2)CC1. The lowest BCUT2D eigenvalue weighted by Gasteiger charge is -2.22. The summed E-state index contributed by atoms with van der Waals surface area (Å²) in [5, 5.41) is 0. The van der Waals surface area contributed by atoms with Gasteiger partial charge in [0, 0.05) is 11.1 Å². The highest BCUT2D eigenvalue weighted by atomic mass is 19.2. The molecule has 1 aliphatic carbocycles. The zero-order valence-corrected chi connectivity index (χ0v) is 21.3. The summed E-state index contributed by atoms with van der Waals surface area (Å²) in [5.74, 6) is -1.16. The zero-order chi connectivity index (χ0) is 25.5. The first kappa shape index (κ1) is 26.0.